The molecule has 9 heteroatoms. The molecule has 0 saturated carbocycles. The number of urea groups is 1. The van der Waals surface area contributed by atoms with E-state index in [0.717, 1.165) is 29.2 Å². The first kappa shape index (κ1) is 22.1. The number of hydrogen-bond acceptors (Lipinski definition) is 6. The first-order valence-corrected chi connectivity index (χ1v) is 12.5. The number of carbonyl (C=O) groups excluding carboxylic acids is 3. The van der Waals surface area contributed by atoms with Crippen LogP contribution in [0.15, 0.2) is 5.51 Å². The molecule has 2 aliphatic heterocycles. The van der Waals surface area contributed by atoms with Gasteiger partial charge in [-0.15, -0.1) is 11.3 Å². The molecule has 2 aliphatic rings. The van der Waals surface area contributed by atoms with Crippen molar-refractivity contribution in [2.24, 2.45) is 5.92 Å². The van der Waals surface area contributed by atoms with Crippen LogP contribution in [0.4, 0.5) is 4.79 Å². The fourth-order valence-corrected chi connectivity index (χ4v) is 5.55. The van der Waals surface area contributed by atoms with E-state index in [1.54, 1.807) is 28.6 Å². The molecule has 3 heterocycles. The Morgan fingerprint density at radius 3 is 2.69 bits per heavy atom. The number of likely N-dealkylation sites (tertiary alicyclic amines) is 1. The second kappa shape index (κ2) is 9.47. The van der Waals surface area contributed by atoms with E-state index < -0.39 is 5.54 Å². The lowest BCUT2D eigenvalue weighted by molar-refractivity contribution is -0.136. The molecule has 160 valence electrons. The number of aromatic nitrogens is 1. The van der Waals surface area contributed by atoms with E-state index in [1.807, 2.05) is 25.0 Å². The predicted molar refractivity (Wildman–Crippen MR) is 116 cm³/mol. The zero-order chi connectivity index (χ0) is 21.0. The Hall–Kier alpha value is -1.61. The van der Waals surface area contributed by atoms with Gasteiger partial charge in [0, 0.05) is 43.1 Å². The first-order chi connectivity index (χ1) is 13.9. The molecule has 1 atom stereocenters. The highest BCUT2D eigenvalue weighted by atomic mass is 32.2. The molecule has 2 saturated heterocycles. The van der Waals surface area contributed by atoms with Crippen LogP contribution in [0.3, 0.4) is 0 Å². The van der Waals surface area contributed by atoms with Gasteiger partial charge in [-0.25, -0.2) is 9.78 Å². The molecule has 0 bridgehead atoms. The van der Waals surface area contributed by atoms with Gasteiger partial charge in [-0.3, -0.25) is 14.5 Å². The molecule has 1 aromatic rings. The number of rotatable bonds is 8. The van der Waals surface area contributed by atoms with Crippen LogP contribution >= 0.6 is 23.1 Å². The van der Waals surface area contributed by atoms with Gasteiger partial charge in [0.15, 0.2) is 0 Å². The molecule has 1 N–H and O–H groups in total. The molecule has 29 heavy (non-hydrogen) atoms. The summed E-state index contributed by atoms with van der Waals surface area (Å²) < 4.78 is 0. The molecule has 0 spiro atoms. The third kappa shape index (κ3) is 4.45. The van der Waals surface area contributed by atoms with Crippen molar-refractivity contribution in [3.63, 3.8) is 0 Å². The van der Waals surface area contributed by atoms with E-state index in [-0.39, 0.29) is 23.8 Å². The number of aryl methyl sites for hydroxylation is 1. The Morgan fingerprint density at radius 1 is 1.38 bits per heavy atom. The minimum Gasteiger partial charge on any atom is -0.343 e. The van der Waals surface area contributed by atoms with E-state index in [9.17, 15) is 14.4 Å². The molecule has 0 aliphatic carbocycles. The highest BCUT2D eigenvalue weighted by molar-refractivity contribution is 7.98. The molecular weight excluding hydrogens is 408 g/mol. The van der Waals surface area contributed by atoms with Gasteiger partial charge < -0.3 is 10.2 Å². The van der Waals surface area contributed by atoms with E-state index in [4.69, 9.17) is 0 Å². The molecule has 2 fully saturated rings. The van der Waals surface area contributed by atoms with Gasteiger partial charge in [0.1, 0.15) is 5.54 Å². The number of thiazole rings is 1. The predicted octanol–water partition coefficient (Wildman–Crippen LogP) is 2.69. The number of nitrogens with zero attached hydrogens (tertiary/aromatic N) is 3. The molecule has 0 radical (unpaired) electrons. The quantitative estimate of drug-likeness (QED) is 0.631. The van der Waals surface area contributed by atoms with Gasteiger partial charge in [-0.05, 0) is 38.4 Å². The van der Waals surface area contributed by atoms with Gasteiger partial charge in [-0.2, -0.15) is 11.8 Å². The lowest BCUT2D eigenvalue weighted by atomic mass is 9.75. The fourth-order valence-electron chi connectivity index (χ4n) is 4.40. The number of imide groups is 1. The van der Waals surface area contributed by atoms with E-state index in [1.165, 1.54) is 4.90 Å². The van der Waals surface area contributed by atoms with Crippen molar-refractivity contribution in [3.8, 4) is 0 Å². The van der Waals surface area contributed by atoms with Crippen LogP contribution in [0, 0.1) is 12.8 Å². The van der Waals surface area contributed by atoms with Crippen LogP contribution in [-0.2, 0) is 16.0 Å². The molecular formula is C20H30N4O3S2. The summed E-state index contributed by atoms with van der Waals surface area (Å²) >= 11 is 3.23. The van der Waals surface area contributed by atoms with Crippen LogP contribution in [-0.4, -0.2) is 69.8 Å². The highest BCUT2D eigenvalue weighted by Crippen LogP contribution is 2.36. The second-order valence-corrected chi connectivity index (χ2v) is 9.65. The Kier molecular flexibility index (Phi) is 7.21. The third-order valence-corrected chi connectivity index (χ3v) is 7.84. The van der Waals surface area contributed by atoms with Crippen LogP contribution in [0.5, 0.6) is 0 Å². The monoisotopic (exact) mass is 438 g/mol. The summed E-state index contributed by atoms with van der Waals surface area (Å²) in [6, 6.07) is -0.294. The Labute approximate surface area is 180 Å². The summed E-state index contributed by atoms with van der Waals surface area (Å²) in [5.74, 6) is 0.968. The van der Waals surface area contributed by atoms with Crippen molar-refractivity contribution in [3.05, 3.63) is 16.1 Å². The van der Waals surface area contributed by atoms with Crippen LogP contribution < -0.4 is 5.32 Å². The van der Waals surface area contributed by atoms with Crippen LogP contribution in [0.1, 0.15) is 43.2 Å². The average Bonchev–Trinajstić information content (AvgIpc) is 3.25. The number of hydrogen-bond donors (Lipinski definition) is 1. The number of nitrogens with one attached hydrogen (secondary N) is 1. The van der Waals surface area contributed by atoms with Gasteiger partial charge in [-0.1, -0.05) is 6.92 Å². The largest absolute Gasteiger partial charge is 0.343 e. The van der Waals surface area contributed by atoms with Crippen molar-refractivity contribution in [1.82, 2.24) is 20.1 Å². The standard InChI is InChI=1S/C20H30N4O3S2/c1-4-20(15-5-9-23(10-6-15)17(25)8-12-28-3)18(26)24(19(27)22-20)11-7-16-14(2)21-13-29-16/h13,15H,4-12H2,1-3H3,(H,22,27). The Balaban J connectivity index is 1.63. The summed E-state index contributed by atoms with van der Waals surface area (Å²) in [5, 5.41) is 3.03. The van der Waals surface area contributed by atoms with Gasteiger partial charge in [0.25, 0.3) is 5.91 Å². The normalized spacial score (nSPS) is 23.0. The number of amides is 4. The summed E-state index contributed by atoms with van der Waals surface area (Å²) in [7, 11) is 0. The SMILES string of the molecule is CCC1(C2CCN(C(=O)CCSC)CC2)NC(=O)N(CCc2scnc2C)C1=O. The van der Waals surface area contributed by atoms with Crippen molar-refractivity contribution < 1.29 is 14.4 Å². The van der Waals surface area contributed by atoms with E-state index in [0.29, 0.717) is 38.9 Å². The molecule has 1 unspecified atom stereocenters. The summed E-state index contributed by atoms with van der Waals surface area (Å²) in [6.45, 7) is 5.60. The number of carbonyl (C=O) groups is 3. The van der Waals surface area contributed by atoms with Crippen molar-refractivity contribution in [2.75, 3.05) is 31.6 Å². The minimum absolute atomic E-state index is 0.0590. The summed E-state index contributed by atoms with van der Waals surface area (Å²) in [6.07, 6.45) is 5.25. The fraction of sp³-hybridized carbons (Fsp3) is 0.700. The Bertz CT molecular complexity index is 761. The van der Waals surface area contributed by atoms with E-state index >= 15 is 0 Å². The zero-order valence-electron chi connectivity index (χ0n) is 17.4. The molecule has 0 aromatic carbocycles. The third-order valence-electron chi connectivity index (χ3n) is 6.23. The second-order valence-electron chi connectivity index (χ2n) is 7.72. The summed E-state index contributed by atoms with van der Waals surface area (Å²) in [5.41, 5.74) is 1.91. The van der Waals surface area contributed by atoms with Crippen LogP contribution in [0.2, 0.25) is 0 Å². The van der Waals surface area contributed by atoms with Crippen molar-refractivity contribution in [2.45, 2.75) is 51.5 Å². The first-order valence-electron chi connectivity index (χ1n) is 10.2. The number of thioether (sulfide) groups is 1. The number of piperidine rings is 1. The van der Waals surface area contributed by atoms with E-state index in [2.05, 4.69) is 10.3 Å². The van der Waals surface area contributed by atoms with Gasteiger partial charge in [0.2, 0.25) is 5.91 Å². The minimum atomic E-state index is -0.839. The Morgan fingerprint density at radius 2 is 2.10 bits per heavy atom. The average molecular weight is 439 g/mol. The van der Waals surface area contributed by atoms with Gasteiger partial charge >= 0.3 is 6.03 Å². The topological polar surface area (TPSA) is 82.6 Å². The molecule has 4 amide bonds. The smallest absolute Gasteiger partial charge is 0.325 e. The van der Waals surface area contributed by atoms with Gasteiger partial charge in [0.05, 0.1) is 11.2 Å². The maximum Gasteiger partial charge on any atom is 0.325 e. The lowest BCUT2D eigenvalue weighted by Gasteiger charge is -2.40. The maximum absolute atomic E-state index is 13.3. The van der Waals surface area contributed by atoms with Crippen molar-refractivity contribution >= 4 is 40.9 Å². The van der Waals surface area contributed by atoms with Crippen molar-refractivity contribution in [1.29, 1.82) is 0 Å². The lowest BCUT2D eigenvalue weighted by Crippen LogP contribution is -2.56. The summed E-state index contributed by atoms with van der Waals surface area (Å²) in [4.78, 5) is 46.9. The zero-order valence-corrected chi connectivity index (χ0v) is 19.0. The maximum atomic E-state index is 13.3. The highest BCUT2D eigenvalue weighted by Gasteiger charge is 2.54. The van der Waals surface area contributed by atoms with Crippen LogP contribution in [0.25, 0.3) is 0 Å². The molecule has 7 nitrogen and oxygen atoms in total. The molecule has 1 aromatic heterocycles. The molecule has 3 rings (SSSR count).